The van der Waals surface area contributed by atoms with Gasteiger partial charge in [0.1, 0.15) is 12.2 Å². The Morgan fingerprint density at radius 1 is 1.37 bits per heavy atom. The van der Waals surface area contributed by atoms with Gasteiger partial charge in [-0.1, -0.05) is 32.0 Å². The molecule has 0 aliphatic heterocycles. The van der Waals surface area contributed by atoms with Crippen molar-refractivity contribution in [1.82, 2.24) is 14.8 Å². The number of benzene rings is 1. The highest BCUT2D eigenvalue weighted by molar-refractivity contribution is 14.1. The molecule has 0 unspecified atom stereocenters. The highest BCUT2D eigenvalue weighted by Gasteiger charge is 2.14. The molecule has 0 saturated carbocycles. The fourth-order valence-corrected chi connectivity index (χ4v) is 2.54. The standard InChI is InChI=1S/C14H16IN3O/c1-10(2)8-18-14(16-9-17-18)7-13(19)11-5-3-4-6-12(11)15/h3-6,9-10H,7-8H2,1-2H3. The molecule has 0 radical (unpaired) electrons. The zero-order chi connectivity index (χ0) is 13.8. The van der Waals surface area contributed by atoms with Crippen LogP contribution in [0, 0.1) is 9.49 Å². The highest BCUT2D eigenvalue weighted by atomic mass is 127. The summed E-state index contributed by atoms with van der Waals surface area (Å²) in [5, 5.41) is 4.18. The Kier molecular flexibility index (Phi) is 4.68. The number of ketones is 1. The average Bonchev–Trinajstić information content (AvgIpc) is 2.76. The first-order valence-corrected chi connectivity index (χ1v) is 7.30. The molecule has 2 rings (SSSR count). The van der Waals surface area contributed by atoms with E-state index in [-0.39, 0.29) is 5.78 Å². The van der Waals surface area contributed by atoms with Gasteiger partial charge in [-0.2, -0.15) is 5.10 Å². The van der Waals surface area contributed by atoms with Crippen molar-refractivity contribution in [3.8, 4) is 0 Å². The first-order valence-electron chi connectivity index (χ1n) is 6.22. The summed E-state index contributed by atoms with van der Waals surface area (Å²) in [5.74, 6) is 1.30. The zero-order valence-electron chi connectivity index (χ0n) is 11.0. The van der Waals surface area contributed by atoms with E-state index < -0.39 is 0 Å². The van der Waals surface area contributed by atoms with Gasteiger partial charge in [0.25, 0.3) is 0 Å². The largest absolute Gasteiger partial charge is 0.294 e. The summed E-state index contributed by atoms with van der Waals surface area (Å²) in [7, 11) is 0. The molecule has 1 aromatic carbocycles. The molecule has 0 bridgehead atoms. The van der Waals surface area contributed by atoms with Crippen LogP contribution in [-0.2, 0) is 13.0 Å². The van der Waals surface area contributed by atoms with Crippen molar-refractivity contribution in [2.24, 2.45) is 5.92 Å². The van der Waals surface area contributed by atoms with E-state index in [2.05, 4.69) is 46.5 Å². The molecule has 0 spiro atoms. The van der Waals surface area contributed by atoms with Gasteiger partial charge < -0.3 is 0 Å². The minimum Gasteiger partial charge on any atom is -0.294 e. The minimum absolute atomic E-state index is 0.0861. The molecular formula is C14H16IN3O. The molecule has 0 fully saturated rings. The topological polar surface area (TPSA) is 47.8 Å². The Balaban J connectivity index is 2.16. The number of nitrogens with zero attached hydrogens (tertiary/aromatic N) is 3. The van der Waals surface area contributed by atoms with Crippen LogP contribution in [0.15, 0.2) is 30.6 Å². The smallest absolute Gasteiger partial charge is 0.171 e. The fourth-order valence-electron chi connectivity index (χ4n) is 1.85. The number of Topliss-reactive ketones (excluding diaryl/α,β-unsaturated/α-hetero) is 1. The van der Waals surface area contributed by atoms with Crippen molar-refractivity contribution < 1.29 is 4.79 Å². The van der Waals surface area contributed by atoms with E-state index in [1.807, 2.05) is 28.9 Å². The lowest BCUT2D eigenvalue weighted by molar-refractivity contribution is 0.0988. The Bertz CT molecular complexity index is 578. The van der Waals surface area contributed by atoms with Crippen molar-refractivity contribution in [3.05, 3.63) is 45.6 Å². The van der Waals surface area contributed by atoms with Gasteiger partial charge in [0.15, 0.2) is 5.78 Å². The number of aromatic nitrogens is 3. The molecule has 2 aromatic rings. The van der Waals surface area contributed by atoms with E-state index in [0.717, 1.165) is 21.5 Å². The maximum Gasteiger partial charge on any atom is 0.171 e. The van der Waals surface area contributed by atoms with Gasteiger partial charge in [-0.25, -0.2) is 9.67 Å². The third-order valence-electron chi connectivity index (χ3n) is 2.73. The van der Waals surface area contributed by atoms with Gasteiger partial charge >= 0.3 is 0 Å². The average molecular weight is 369 g/mol. The number of rotatable bonds is 5. The van der Waals surface area contributed by atoms with Gasteiger partial charge in [0.05, 0.1) is 6.42 Å². The highest BCUT2D eigenvalue weighted by Crippen LogP contribution is 2.14. The molecule has 0 aliphatic rings. The van der Waals surface area contributed by atoms with Crippen molar-refractivity contribution in [3.63, 3.8) is 0 Å². The summed E-state index contributed by atoms with van der Waals surface area (Å²) >= 11 is 2.18. The van der Waals surface area contributed by atoms with E-state index in [9.17, 15) is 4.79 Å². The molecule has 0 aliphatic carbocycles. The molecule has 1 aromatic heterocycles. The van der Waals surface area contributed by atoms with Crippen molar-refractivity contribution in [2.45, 2.75) is 26.8 Å². The van der Waals surface area contributed by atoms with Crippen LogP contribution in [-0.4, -0.2) is 20.5 Å². The summed E-state index contributed by atoms with van der Waals surface area (Å²) in [5.41, 5.74) is 0.752. The number of halogens is 1. The summed E-state index contributed by atoms with van der Waals surface area (Å²) in [6.45, 7) is 5.02. The molecule has 0 N–H and O–H groups in total. The lowest BCUT2D eigenvalue weighted by Crippen LogP contribution is -2.14. The van der Waals surface area contributed by atoms with E-state index in [1.54, 1.807) is 0 Å². The third-order valence-corrected chi connectivity index (χ3v) is 3.67. The van der Waals surface area contributed by atoms with Crippen molar-refractivity contribution in [1.29, 1.82) is 0 Å². The van der Waals surface area contributed by atoms with Crippen molar-refractivity contribution in [2.75, 3.05) is 0 Å². The van der Waals surface area contributed by atoms with Crippen LogP contribution in [0.4, 0.5) is 0 Å². The molecule has 19 heavy (non-hydrogen) atoms. The summed E-state index contributed by atoms with van der Waals surface area (Å²) in [4.78, 5) is 16.5. The van der Waals surface area contributed by atoms with Gasteiger partial charge in [-0.15, -0.1) is 0 Å². The SMILES string of the molecule is CC(C)Cn1ncnc1CC(=O)c1ccccc1I. The van der Waals surface area contributed by atoms with Crippen LogP contribution in [0.25, 0.3) is 0 Å². The van der Waals surface area contributed by atoms with Crippen LogP contribution >= 0.6 is 22.6 Å². The second-order valence-electron chi connectivity index (χ2n) is 4.83. The Labute approximate surface area is 126 Å². The van der Waals surface area contributed by atoms with Crippen LogP contribution in [0.5, 0.6) is 0 Å². The van der Waals surface area contributed by atoms with E-state index >= 15 is 0 Å². The van der Waals surface area contributed by atoms with Gasteiger partial charge in [-0.3, -0.25) is 4.79 Å². The van der Waals surface area contributed by atoms with Gasteiger partial charge in [0, 0.05) is 15.7 Å². The molecule has 5 heteroatoms. The second-order valence-corrected chi connectivity index (χ2v) is 5.99. The monoisotopic (exact) mass is 369 g/mol. The van der Waals surface area contributed by atoms with Gasteiger partial charge in [0.2, 0.25) is 0 Å². The molecule has 1 heterocycles. The quantitative estimate of drug-likeness (QED) is 0.602. The molecule has 0 amide bonds. The summed E-state index contributed by atoms with van der Waals surface area (Å²) in [6.07, 6.45) is 1.81. The Morgan fingerprint density at radius 3 is 2.79 bits per heavy atom. The number of hydrogen-bond acceptors (Lipinski definition) is 3. The van der Waals surface area contributed by atoms with Crippen LogP contribution in [0.1, 0.15) is 30.0 Å². The first kappa shape index (κ1) is 14.2. The molecular weight excluding hydrogens is 353 g/mol. The minimum atomic E-state index is 0.0861. The predicted octanol–water partition coefficient (Wildman–Crippen LogP) is 2.96. The molecule has 0 saturated heterocycles. The third kappa shape index (κ3) is 3.62. The molecule has 4 nitrogen and oxygen atoms in total. The lowest BCUT2D eigenvalue weighted by atomic mass is 10.1. The van der Waals surface area contributed by atoms with Crippen LogP contribution in [0.3, 0.4) is 0 Å². The zero-order valence-corrected chi connectivity index (χ0v) is 13.2. The van der Waals surface area contributed by atoms with Gasteiger partial charge in [-0.05, 0) is 34.6 Å². The van der Waals surface area contributed by atoms with E-state index in [0.29, 0.717) is 12.3 Å². The van der Waals surface area contributed by atoms with E-state index in [4.69, 9.17) is 0 Å². The normalized spacial score (nSPS) is 10.9. The Hall–Kier alpha value is -1.24. The predicted molar refractivity (Wildman–Crippen MR) is 82.1 cm³/mol. The Morgan fingerprint density at radius 2 is 2.11 bits per heavy atom. The molecule has 100 valence electrons. The van der Waals surface area contributed by atoms with Crippen LogP contribution in [0.2, 0.25) is 0 Å². The fraction of sp³-hybridized carbons (Fsp3) is 0.357. The maximum absolute atomic E-state index is 12.3. The second kappa shape index (κ2) is 6.27. The first-order chi connectivity index (χ1) is 9.08. The molecule has 0 atom stereocenters. The number of carbonyl (C=O) groups is 1. The number of hydrogen-bond donors (Lipinski definition) is 0. The maximum atomic E-state index is 12.3. The van der Waals surface area contributed by atoms with Crippen molar-refractivity contribution >= 4 is 28.4 Å². The summed E-state index contributed by atoms with van der Waals surface area (Å²) in [6, 6.07) is 7.61. The van der Waals surface area contributed by atoms with Crippen LogP contribution < -0.4 is 0 Å². The number of carbonyl (C=O) groups excluding carboxylic acids is 1. The summed E-state index contributed by atoms with van der Waals surface area (Å²) < 4.78 is 2.79. The lowest BCUT2D eigenvalue weighted by Gasteiger charge is -2.08. The van der Waals surface area contributed by atoms with E-state index in [1.165, 1.54) is 6.33 Å².